The Labute approximate surface area is 225 Å². The zero-order chi connectivity index (χ0) is 26.5. The molecule has 2 aromatic carbocycles. The van der Waals surface area contributed by atoms with E-state index in [1.807, 2.05) is 0 Å². The fourth-order valence-electron chi connectivity index (χ4n) is 7.01. The number of aromatic nitrogens is 2. The van der Waals surface area contributed by atoms with Crippen molar-refractivity contribution in [2.24, 2.45) is 0 Å². The van der Waals surface area contributed by atoms with Crippen molar-refractivity contribution in [3.63, 3.8) is 0 Å². The lowest BCUT2D eigenvalue weighted by Gasteiger charge is -2.34. The van der Waals surface area contributed by atoms with E-state index in [2.05, 4.69) is 46.6 Å². The van der Waals surface area contributed by atoms with E-state index in [0.29, 0.717) is 23.4 Å². The molecule has 1 aliphatic carbocycles. The van der Waals surface area contributed by atoms with Gasteiger partial charge >= 0.3 is 5.97 Å². The Hall–Kier alpha value is -3.59. The number of fused-ring (bicyclic) bond motifs is 7. The number of nitrogens with one attached hydrogen (secondary N) is 1. The van der Waals surface area contributed by atoms with Gasteiger partial charge in [-0.1, -0.05) is 37.3 Å². The lowest BCUT2D eigenvalue weighted by atomic mass is 9.86. The number of carbonyl (C=O) groups excluding carboxylic acids is 1. The quantitative estimate of drug-likeness (QED) is 0.278. The number of hydrogen-bond donors (Lipinski definition) is 2. The molecule has 2 aromatic heterocycles. The van der Waals surface area contributed by atoms with Crippen LogP contribution in [0, 0.1) is 0 Å². The molecule has 8 nitrogen and oxygen atoms in total. The van der Waals surface area contributed by atoms with Crippen molar-refractivity contribution in [2.75, 3.05) is 19.6 Å². The van der Waals surface area contributed by atoms with Gasteiger partial charge in [0.05, 0.1) is 29.0 Å². The van der Waals surface area contributed by atoms with Crippen molar-refractivity contribution in [1.82, 2.24) is 19.8 Å². The van der Waals surface area contributed by atoms with Gasteiger partial charge in [0.2, 0.25) is 0 Å². The maximum absolute atomic E-state index is 13.8. The van der Waals surface area contributed by atoms with Crippen molar-refractivity contribution >= 4 is 27.6 Å². The van der Waals surface area contributed by atoms with Gasteiger partial charge in [-0.15, -0.1) is 0 Å². The van der Waals surface area contributed by atoms with Crippen LogP contribution in [0.15, 0.2) is 47.3 Å². The highest BCUT2D eigenvalue weighted by molar-refractivity contribution is 6.09. The molecule has 4 aromatic rings. The average Bonchev–Trinajstić information content (AvgIpc) is 3.58. The van der Waals surface area contributed by atoms with Crippen LogP contribution >= 0.6 is 0 Å². The van der Waals surface area contributed by atoms with Crippen molar-refractivity contribution in [3.05, 3.63) is 75.1 Å². The summed E-state index contributed by atoms with van der Waals surface area (Å²) in [5.74, 6) is -0.702. The second-order valence-corrected chi connectivity index (χ2v) is 11.6. The summed E-state index contributed by atoms with van der Waals surface area (Å²) in [7, 11) is 0. The van der Waals surface area contributed by atoms with Gasteiger partial charge in [-0.05, 0) is 47.7 Å². The predicted molar refractivity (Wildman–Crippen MR) is 147 cm³/mol. The third-order valence-electron chi connectivity index (χ3n) is 9.38. The maximum Gasteiger partial charge on any atom is 0.343 e. The molecule has 0 bridgehead atoms. The SMILES string of the molecule is CC[C@@]1(O)C(=O)OCc2c1cc1n(c2=O)Cc2c-1nc1ccc3ccccc3c1c2CN1CCNC2(CC2)C1. The van der Waals surface area contributed by atoms with E-state index in [1.54, 1.807) is 17.6 Å². The van der Waals surface area contributed by atoms with Crippen LogP contribution in [-0.4, -0.2) is 50.7 Å². The fraction of sp³-hybridized carbons (Fsp3) is 0.387. The van der Waals surface area contributed by atoms with E-state index in [9.17, 15) is 14.7 Å². The third-order valence-corrected chi connectivity index (χ3v) is 9.38. The molecule has 198 valence electrons. The highest BCUT2D eigenvalue weighted by atomic mass is 16.6. The Morgan fingerprint density at radius 2 is 1.97 bits per heavy atom. The molecule has 2 N–H and O–H groups in total. The molecule has 0 unspecified atom stereocenters. The van der Waals surface area contributed by atoms with Crippen LogP contribution in [0.25, 0.3) is 33.1 Å². The number of ether oxygens (including phenoxy) is 1. The number of rotatable bonds is 3. The average molecular weight is 523 g/mol. The topological polar surface area (TPSA) is 96.7 Å². The van der Waals surface area contributed by atoms with Crippen molar-refractivity contribution in [1.29, 1.82) is 0 Å². The van der Waals surface area contributed by atoms with E-state index in [0.717, 1.165) is 48.3 Å². The van der Waals surface area contributed by atoms with E-state index < -0.39 is 11.6 Å². The third kappa shape index (κ3) is 3.25. The number of esters is 1. The molecule has 1 atom stereocenters. The lowest BCUT2D eigenvalue weighted by molar-refractivity contribution is -0.172. The summed E-state index contributed by atoms with van der Waals surface area (Å²) in [6, 6.07) is 14.4. The molecular formula is C31H30N4O4. The first-order valence-electron chi connectivity index (χ1n) is 13.9. The smallest absolute Gasteiger partial charge is 0.343 e. The minimum atomic E-state index is -1.83. The van der Waals surface area contributed by atoms with Gasteiger partial charge in [0, 0.05) is 48.2 Å². The Kier molecular flexibility index (Phi) is 4.77. The first kappa shape index (κ1) is 23.3. The predicted octanol–water partition coefficient (Wildman–Crippen LogP) is 3.17. The molecule has 1 spiro atoms. The molecule has 3 aliphatic heterocycles. The largest absolute Gasteiger partial charge is 0.458 e. The first-order valence-corrected chi connectivity index (χ1v) is 13.9. The minimum Gasteiger partial charge on any atom is -0.458 e. The minimum absolute atomic E-state index is 0.123. The normalized spacial score (nSPS) is 23.1. The van der Waals surface area contributed by atoms with E-state index in [4.69, 9.17) is 9.72 Å². The molecule has 0 amide bonds. The molecule has 1 saturated heterocycles. The summed E-state index contributed by atoms with van der Waals surface area (Å²) in [4.78, 5) is 34.1. The Morgan fingerprint density at radius 1 is 1.13 bits per heavy atom. The van der Waals surface area contributed by atoms with E-state index in [-0.39, 0.29) is 24.1 Å². The van der Waals surface area contributed by atoms with Crippen LogP contribution in [0.1, 0.15) is 48.4 Å². The molecule has 8 heteroatoms. The number of aliphatic hydroxyl groups is 1. The van der Waals surface area contributed by atoms with Crippen LogP contribution in [0.3, 0.4) is 0 Å². The number of piperazine rings is 1. The van der Waals surface area contributed by atoms with Gasteiger partial charge in [0.25, 0.3) is 5.56 Å². The highest BCUT2D eigenvalue weighted by Gasteiger charge is 2.47. The monoisotopic (exact) mass is 522 g/mol. The number of hydrogen-bond acceptors (Lipinski definition) is 7. The number of benzene rings is 2. The summed E-state index contributed by atoms with van der Waals surface area (Å²) < 4.78 is 7.01. The molecule has 8 rings (SSSR count). The molecule has 0 radical (unpaired) electrons. The number of nitrogens with zero attached hydrogens (tertiary/aromatic N) is 3. The molecular weight excluding hydrogens is 492 g/mol. The van der Waals surface area contributed by atoms with E-state index in [1.165, 1.54) is 29.2 Å². The Balaban J connectivity index is 1.37. The molecule has 4 aliphatic rings. The van der Waals surface area contributed by atoms with Crippen molar-refractivity contribution < 1.29 is 14.6 Å². The van der Waals surface area contributed by atoms with Gasteiger partial charge in [-0.2, -0.15) is 0 Å². The number of cyclic esters (lactones) is 1. The standard InChI is InChI=1S/C31H30N4O4/c1-2-31(38)23-13-25-27-21(15-35(25)28(36)22(23)16-39-29(31)37)20(14-34-12-11-32-30(17-34)9-10-30)26-19-6-4-3-5-18(19)7-8-24(26)33-27/h3-8,13,32,38H,2,9-12,14-17H2,1H3/t31-/m0/s1. The second-order valence-electron chi connectivity index (χ2n) is 11.6. The van der Waals surface area contributed by atoms with Crippen LogP contribution in [0.4, 0.5) is 0 Å². The fourth-order valence-corrected chi connectivity index (χ4v) is 7.01. The van der Waals surface area contributed by atoms with Gasteiger partial charge in [-0.3, -0.25) is 9.69 Å². The summed E-state index contributed by atoms with van der Waals surface area (Å²) >= 11 is 0. The van der Waals surface area contributed by atoms with Crippen LogP contribution in [-0.2, 0) is 34.8 Å². The Bertz CT molecular complexity index is 1790. The first-order chi connectivity index (χ1) is 18.9. The van der Waals surface area contributed by atoms with Gasteiger partial charge in [-0.25, -0.2) is 9.78 Å². The van der Waals surface area contributed by atoms with Gasteiger partial charge in [0.1, 0.15) is 6.61 Å². The Morgan fingerprint density at radius 3 is 2.79 bits per heavy atom. The second kappa shape index (κ2) is 7.97. The van der Waals surface area contributed by atoms with Crippen molar-refractivity contribution in [2.45, 2.75) is 57.0 Å². The zero-order valence-electron chi connectivity index (χ0n) is 21.9. The van der Waals surface area contributed by atoms with Gasteiger partial charge in [0.15, 0.2) is 5.60 Å². The van der Waals surface area contributed by atoms with Crippen molar-refractivity contribution in [3.8, 4) is 11.4 Å². The van der Waals surface area contributed by atoms with Gasteiger partial charge < -0.3 is 19.7 Å². The number of carbonyl (C=O) groups is 1. The van der Waals surface area contributed by atoms with Crippen LogP contribution < -0.4 is 10.9 Å². The van der Waals surface area contributed by atoms with E-state index >= 15 is 0 Å². The molecule has 5 heterocycles. The van der Waals surface area contributed by atoms with Crippen LogP contribution in [0.2, 0.25) is 0 Å². The maximum atomic E-state index is 13.8. The summed E-state index contributed by atoms with van der Waals surface area (Å²) in [5.41, 5.74) is 3.48. The molecule has 2 fully saturated rings. The molecule has 1 saturated carbocycles. The summed E-state index contributed by atoms with van der Waals surface area (Å²) in [6.45, 7) is 5.75. The lowest BCUT2D eigenvalue weighted by Crippen LogP contribution is -2.52. The van der Waals surface area contributed by atoms with Crippen LogP contribution in [0.5, 0.6) is 0 Å². The number of pyridine rings is 2. The zero-order valence-corrected chi connectivity index (χ0v) is 21.9. The summed E-state index contributed by atoms with van der Waals surface area (Å²) in [5, 5.41) is 18.5. The highest BCUT2D eigenvalue weighted by Crippen LogP contribution is 2.43. The summed E-state index contributed by atoms with van der Waals surface area (Å²) in [6.07, 6.45) is 2.56. The molecule has 39 heavy (non-hydrogen) atoms.